The highest BCUT2D eigenvalue weighted by Gasteiger charge is 2.25. The van der Waals surface area contributed by atoms with Gasteiger partial charge in [0.15, 0.2) is 0 Å². The maximum absolute atomic E-state index is 14.0. The second-order valence-electron chi connectivity index (χ2n) is 7.37. The number of nitrogens with one attached hydrogen (secondary N) is 2. The summed E-state index contributed by atoms with van der Waals surface area (Å²) in [7, 11) is 0. The molecule has 0 aromatic heterocycles. The summed E-state index contributed by atoms with van der Waals surface area (Å²) in [6, 6.07) is 8.92. The van der Waals surface area contributed by atoms with Crippen LogP contribution in [0.3, 0.4) is 0 Å². The summed E-state index contributed by atoms with van der Waals surface area (Å²) in [4.78, 5) is 25.4. The summed E-state index contributed by atoms with van der Waals surface area (Å²) in [5, 5.41) is 5.50. The van der Waals surface area contributed by atoms with Crippen molar-refractivity contribution < 1.29 is 18.4 Å². The Labute approximate surface area is 164 Å². The van der Waals surface area contributed by atoms with Gasteiger partial charge in [-0.2, -0.15) is 0 Å². The first-order valence-corrected chi connectivity index (χ1v) is 9.30. The van der Waals surface area contributed by atoms with Crippen LogP contribution in [0.25, 0.3) is 0 Å². The second-order valence-corrected chi connectivity index (χ2v) is 7.37. The zero-order chi connectivity index (χ0) is 20.8. The van der Waals surface area contributed by atoms with E-state index >= 15 is 0 Å². The van der Waals surface area contributed by atoms with E-state index < -0.39 is 29.6 Å². The minimum absolute atomic E-state index is 0.158. The monoisotopic (exact) mass is 388 g/mol. The van der Waals surface area contributed by atoms with E-state index in [0.717, 1.165) is 17.7 Å². The molecule has 28 heavy (non-hydrogen) atoms. The third-order valence-corrected chi connectivity index (χ3v) is 4.51. The van der Waals surface area contributed by atoms with Gasteiger partial charge in [-0.25, -0.2) is 8.78 Å². The van der Waals surface area contributed by atoms with Crippen molar-refractivity contribution in [3.8, 4) is 0 Å². The molecule has 2 N–H and O–H groups in total. The smallest absolute Gasteiger partial charge is 0.252 e. The Kier molecular flexibility index (Phi) is 7.26. The summed E-state index contributed by atoms with van der Waals surface area (Å²) in [6.07, 6.45) is 0.433. The molecule has 2 amide bonds. The van der Waals surface area contributed by atoms with Crippen LogP contribution in [-0.2, 0) is 4.79 Å². The molecule has 0 aliphatic heterocycles. The molecule has 0 heterocycles. The second kappa shape index (κ2) is 9.44. The van der Waals surface area contributed by atoms with Crippen molar-refractivity contribution in [2.75, 3.05) is 0 Å². The number of hydrogen-bond donors (Lipinski definition) is 2. The topological polar surface area (TPSA) is 58.2 Å². The molecule has 4 nitrogen and oxygen atoms in total. The quantitative estimate of drug-likeness (QED) is 0.743. The Morgan fingerprint density at radius 3 is 2.29 bits per heavy atom. The molecule has 0 saturated carbocycles. The third kappa shape index (κ3) is 5.62. The minimum Gasteiger partial charge on any atom is -0.348 e. The lowest BCUT2D eigenvalue weighted by molar-refractivity contribution is -0.124. The van der Waals surface area contributed by atoms with Crippen LogP contribution in [-0.4, -0.2) is 17.9 Å². The van der Waals surface area contributed by atoms with Gasteiger partial charge in [-0.3, -0.25) is 9.59 Å². The van der Waals surface area contributed by atoms with Crippen LogP contribution >= 0.6 is 0 Å². The summed E-state index contributed by atoms with van der Waals surface area (Å²) in [6.45, 7) is 7.34. The largest absolute Gasteiger partial charge is 0.348 e. The van der Waals surface area contributed by atoms with Crippen LogP contribution in [0.4, 0.5) is 8.78 Å². The van der Waals surface area contributed by atoms with Crippen LogP contribution in [0.5, 0.6) is 0 Å². The molecular weight excluding hydrogens is 362 g/mol. The lowest BCUT2D eigenvalue weighted by atomic mass is 10.0. The molecular formula is C22H26F2N2O2. The van der Waals surface area contributed by atoms with E-state index in [1.807, 2.05) is 32.9 Å². The van der Waals surface area contributed by atoms with Crippen molar-refractivity contribution in [1.29, 1.82) is 0 Å². The third-order valence-electron chi connectivity index (χ3n) is 4.51. The maximum Gasteiger partial charge on any atom is 0.252 e. The molecule has 0 fully saturated rings. The van der Waals surface area contributed by atoms with E-state index in [2.05, 4.69) is 10.6 Å². The number of aryl methyl sites for hydroxylation is 1. The first-order valence-electron chi connectivity index (χ1n) is 9.30. The van der Waals surface area contributed by atoms with Gasteiger partial charge < -0.3 is 10.6 Å². The summed E-state index contributed by atoms with van der Waals surface area (Å²) < 4.78 is 27.1. The standard InChI is InChI=1S/C22H26F2N2O2/c1-13(2)11-20(26-21(27)17-8-6-5-7-14(17)3)22(28)25-15(4)18-10-9-16(23)12-19(18)24/h5-10,12-13,15,20H,11H2,1-4H3,(H,25,28)(H,26,27). The number of hydrogen-bond acceptors (Lipinski definition) is 2. The number of benzene rings is 2. The van der Waals surface area contributed by atoms with Crippen molar-refractivity contribution in [3.63, 3.8) is 0 Å². The van der Waals surface area contributed by atoms with E-state index in [4.69, 9.17) is 0 Å². The van der Waals surface area contributed by atoms with E-state index in [1.54, 1.807) is 19.1 Å². The van der Waals surface area contributed by atoms with Crippen molar-refractivity contribution in [2.24, 2.45) is 5.92 Å². The average molecular weight is 388 g/mol. The lowest BCUT2D eigenvalue weighted by Crippen LogP contribution is -2.48. The Bertz CT molecular complexity index is 852. The van der Waals surface area contributed by atoms with Gasteiger partial charge in [-0.15, -0.1) is 0 Å². The fourth-order valence-corrected chi connectivity index (χ4v) is 3.01. The van der Waals surface area contributed by atoms with Crippen molar-refractivity contribution >= 4 is 11.8 Å². The van der Waals surface area contributed by atoms with Gasteiger partial charge >= 0.3 is 0 Å². The summed E-state index contributed by atoms with van der Waals surface area (Å²) >= 11 is 0. The highest BCUT2D eigenvalue weighted by Crippen LogP contribution is 2.18. The molecule has 150 valence electrons. The van der Waals surface area contributed by atoms with Crippen molar-refractivity contribution in [3.05, 3.63) is 70.8 Å². The minimum atomic E-state index is -0.766. The highest BCUT2D eigenvalue weighted by atomic mass is 19.1. The van der Waals surface area contributed by atoms with Gasteiger partial charge in [0, 0.05) is 17.2 Å². The average Bonchev–Trinajstić information content (AvgIpc) is 2.60. The Morgan fingerprint density at radius 2 is 1.68 bits per heavy atom. The van der Waals surface area contributed by atoms with Crippen LogP contribution in [0, 0.1) is 24.5 Å². The van der Waals surface area contributed by atoms with Gasteiger partial charge in [0.25, 0.3) is 5.91 Å². The number of carbonyl (C=O) groups excluding carboxylic acids is 2. The summed E-state index contributed by atoms with van der Waals surface area (Å²) in [5.41, 5.74) is 1.50. The zero-order valence-corrected chi connectivity index (χ0v) is 16.6. The van der Waals surface area contributed by atoms with Gasteiger partial charge in [0.05, 0.1) is 6.04 Å². The zero-order valence-electron chi connectivity index (χ0n) is 16.6. The fourth-order valence-electron chi connectivity index (χ4n) is 3.01. The Balaban J connectivity index is 2.14. The fraction of sp³-hybridized carbons (Fsp3) is 0.364. The number of carbonyl (C=O) groups is 2. The van der Waals surface area contributed by atoms with Gasteiger partial charge in [0.2, 0.25) is 5.91 Å². The van der Waals surface area contributed by atoms with E-state index in [9.17, 15) is 18.4 Å². The number of amides is 2. The molecule has 2 atom stereocenters. The molecule has 2 unspecified atom stereocenters. The lowest BCUT2D eigenvalue weighted by Gasteiger charge is -2.23. The van der Waals surface area contributed by atoms with Crippen LogP contribution < -0.4 is 10.6 Å². The molecule has 2 rings (SSSR count). The molecule has 2 aromatic rings. The van der Waals surface area contributed by atoms with E-state index in [0.29, 0.717) is 12.0 Å². The predicted octanol–water partition coefficient (Wildman–Crippen LogP) is 4.30. The molecule has 0 spiro atoms. The van der Waals surface area contributed by atoms with Crippen molar-refractivity contribution in [2.45, 2.75) is 46.2 Å². The normalized spacial score (nSPS) is 13.1. The van der Waals surface area contributed by atoms with Crippen molar-refractivity contribution in [1.82, 2.24) is 10.6 Å². The van der Waals surface area contributed by atoms with E-state index in [-0.39, 0.29) is 17.4 Å². The first kappa shape index (κ1) is 21.5. The SMILES string of the molecule is Cc1ccccc1C(=O)NC(CC(C)C)C(=O)NC(C)c1ccc(F)cc1F. The molecule has 0 aliphatic carbocycles. The van der Waals surface area contributed by atoms with Gasteiger partial charge in [-0.05, 0) is 43.9 Å². The maximum atomic E-state index is 14.0. The van der Waals surface area contributed by atoms with Crippen LogP contribution in [0.1, 0.15) is 54.7 Å². The molecule has 0 saturated heterocycles. The molecule has 0 bridgehead atoms. The van der Waals surface area contributed by atoms with Crippen LogP contribution in [0.15, 0.2) is 42.5 Å². The molecule has 2 aromatic carbocycles. The number of halogens is 2. The summed E-state index contributed by atoms with van der Waals surface area (Å²) in [5.74, 6) is -1.99. The van der Waals surface area contributed by atoms with Gasteiger partial charge in [-0.1, -0.05) is 38.1 Å². The van der Waals surface area contributed by atoms with E-state index in [1.165, 1.54) is 6.07 Å². The predicted molar refractivity (Wildman–Crippen MR) is 105 cm³/mol. The number of rotatable bonds is 7. The Hall–Kier alpha value is -2.76. The van der Waals surface area contributed by atoms with Crippen LogP contribution in [0.2, 0.25) is 0 Å². The van der Waals surface area contributed by atoms with Gasteiger partial charge in [0.1, 0.15) is 17.7 Å². The molecule has 0 radical (unpaired) electrons. The molecule has 6 heteroatoms. The molecule has 0 aliphatic rings. The first-order chi connectivity index (χ1) is 13.2. The Morgan fingerprint density at radius 1 is 1.00 bits per heavy atom. The highest BCUT2D eigenvalue weighted by molar-refractivity contribution is 5.98.